The Hall–Kier alpha value is -2.10. The second-order valence-corrected chi connectivity index (χ2v) is 7.61. The standard InChI is InChI=1S/C21H28N4/c1-15-5-4-12-22-21(15)16-6-2-9-18(13-16)24-19-10-11-20(23-14-19)25-17-7-3-8-17/h4-5,10-12,14,16-18,24H,2-3,6-9,13H2,1H3,(H,23,25). The molecular weight excluding hydrogens is 308 g/mol. The molecule has 132 valence electrons. The fraction of sp³-hybridized carbons (Fsp3) is 0.524. The van der Waals surface area contributed by atoms with E-state index in [9.17, 15) is 0 Å². The number of rotatable bonds is 5. The van der Waals surface area contributed by atoms with Crippen LogP contribution in [0.5, 0.6) is 0 Å². The minimum atomic E-state index is 0.507. The first-order valence-electron chi connectivity index (χ1n) is 9.68. The highest BCUT2D eigenvalue weighted by atomic mass is 15.0. The van der Waals surface area contributed by atoms with E-state index in [2.05, 4.69) is 45.7 Å². The van der Waals surface area contributed by atoms with Crippen molar-refractivity contribution in [2.75, 3.05) is 10.6 Å². The highest BCUT2D eigenvalue weighted by Crippen LogP contribution is 2.34. The van der Waals surface area contributed by atoms with Crippen LogP contribution in [0.25, 0.3) is 0 Å². The third-order valence-electron chi connectivity index (χ3n) is 5.70. The minimum Gasteiger partial charge on any atom is -0.381 e. The molecule has 0 bridgehead atoms. The number of anilines is 2. The van der Waals surface area contributed by atoms with Gasteiger partial charge in [0.25, 0.3) is 0 Å². The maximum Gasteiger partial charge on any atom is 0.126 e. The summed E-state index contributed by atoms with van der Waals surface area (Å²) in [5.74, 6) is 1.57. The molecule has 0 amide bonds. The fourth-order valence-electron chi connectivity index (χ4n) is 4.06. The summed E-state index contributed by atoms with van der Waals surface area (Å²) < 4.78 is 0. The molecule has 25 heavy (non-hydrogen) atoms. The second-order valence-electron chi connectivity index (χ2n) is 7.61. The van der Waals surface area contributed by atoms with Crippen molar-refractivity contribution in [2.45, 2.75) is 69.9 Å². The van der Waals surface area contributed by atoms with Gasteiger partial charge in [-0.15, -0.1) is 0 Å². The van der Waals surface area contributed by atoms with Crippen LogP contribution in [0.15, 0.2) is 36.7 Å². The number of pyridine rings is 2. The number of aromatic nitrogens is 2. The van der Waals surface area contributed by atoms with Crippen molar-refractivity contribution >= 4 is 11.5 Å². The summed E-state index contributed by atoms with van der Waals surface area (Å²) in [6.45, 7) is 2.18. The number of hydrogen-bond acceptors (Lipinski definition) is 4. The number of nitrogens with zero attached hydrogens (tertiary/aromatic N) is 2. The van der Waals surface area contributed by atoms with Gasteiger partial charge < -0.3 is 10.6 Å². The van der Waals surface area contributed by atoms with Crippen LogP contribution in [0.3, 0.4) is 0 Å². The maximum absolute atomic E-state index is 4.65. The topological polar surface area (TPSA) is 49.8 Å². The van der Waals surface area contributed by atoms with Gasteiger partial charge in [-0.3, -0.25) is 4.98 Å². The van der Waals surface area contributed by atoms with Crippen LogP contribution in [0.4, 0.5) is 11.5 Å². The lowest BCUT2D eigenvalue weighted by Crippen LogP contribution is -2.28. The maximum atomic E-state index is 4.65. The molecule has 0 radical (unpaired) electrons. The Morgan fingerprint density at radius 1 is 0.920 bits per heavy atom. The third kappa shape index (κ3) is 3.94. The molecule has 2 heterocycles. The third-order valence-corrected chi connectivity index (χ3v) is 5.70. The van der Waals surface area contributed by atoms with Crippen molar-refractivity contribution in [3.05, 3.63) is 47.9 Å². The van der Waals surface area contributed by atoms with Crippen LogP contribution in [0.1, 0.15) is 62.1 Å². The van der Waals surface area contributed by atoms with Gasteiger partial charge in [0, 0.05) is 29.9 Å². The van der Waals surface area contributed by atoms with E-state index in [4.69, 9.17) is 0 Å². The largest absolute Gasteiger partial charge is 0.381 e. The Bertz CT molecular complexity index is 693. The zero-order chi connectivity index (χ0) is 17.1. The molecule has 2 aliphatic rings. The van der Waals surface area contributed by atoms with Crippen molar-refractivity contribution in [3.63, 3.8) is 0 Å². The van der Waals surface area contributed by atoms with Gasteiger partial charge in [-0.1, -0.05) is 12.5 Å². The molecule has 2 aromatic heterocycles. The van der Waals surface area contributed by atoms with Gasteiger partial charge in [-0.2, -0.15) is 0 Å². The van der Waals surface area contributed by atoms with E-state index in [-0.39, 0.29) is 0 Å². The molecule has 4 rings (SSSR count). The quantitative estimate of drug-likeness (QED) is 0.816. The summed E-state index contributed by atoms with van der Waals surface area (Å²) in [5, 5.41) is 7.19. The van der Waals surface area contributed by atoms with Gasteiger partial charge in [0.1, 0.15) is 5.82 Å². The van der Waals surface area contributed by atoms with Crippen LogP contribution in [-0.4, -0.2) is 22.1 Å². The molecule has 2 saturated carbocycles. The van der Waals surface area contributed by atoms with E-state index in [0.29, 0.717) is 18.0 Å². The first-order valence-corrected chi connectivity index (χ1v) is 9.68. The summed E-state index contributed by atoms with van der Waals surface area (Å²) in [6, 6.07) is 9.60. The summed E-state index contributed by atoms with van der Waals surface area (Å²) in [6.07, 6.45) is 12.7. The molecule has 2 unspecified atom stereocenters. The summed E-state index contributed by atoms with van der Waals surface area (Å²) in [5.41, 5.74) is 3.73. The summed E-state index contributed by atoms with van der Waals surface area (Å²) >= 11 is 0. The van der Waals surface area contributed by atoms with E-state index >= 15 is 0 Å². The highest BCUT2D eigenvalue weighted by molar-refractivity contribution is 5.48. The Morgan fingerprint density at radius 3 is 2.48 bits per heavy atom. The van der Waals surface area contributed by atoms with E-state index in [1.54, 1.807) is 0 Å². The lowest BCUT2D eigenvalue weighted by molar-refractivity contribution is 0.404. The van der Waals surface area contributed by atoms with Crippen molar-refractivity contribution in [2.24, 2.45) is 0 Å². The SMILES string of the molecule is Cc1cccnc1C1CCCC(Nc2ccc(NC3CCC3)nc2)C1. The van der Waals surface area contributed by atoms with Crippen molar-refractivity contribution < 1.29 is 0 Å². The lowest BCUT2D eigenvalue weighted by Gasteiger charge is -2.31. The Kier molecular flexibility index (Phi) is 4.86. The highest BCUT2D eigenvalue weighted by Gasteiger charge is 2.25. The normalized spacial score (nSPS) is 23.7. The lowest BCUT2D eigenvalue weighted by atomic mass is 9.82. The van der Waals surface area contributed by atoms with Gasteiger partial charge in [0.05, 0.1) is 11.9 Å². The molecule has 2 aromatic rings. The van der Waals surface area contributed by atoms with Crippen molar-refractivity contribution in [3.8, 4) is 0 Å². The van der Waals surface area contributed by atoms with E-state index in [1.807, 2.05) is 18.5 Å². The minimum absolute atomic E-state index is 0.507. The second kappa shape index (κ2) is 7.42. The molecule has 2 N–H and O–H groups in total. The molecule has 0 aromatic carbocycles. The van der Waals surface area contributed by atoms with Gasteiger partial charge in [-0.25, -0.2) is 4.98 Å². The van der Waals surface area contributed by atoms with E-state index in [1.165, 1.54) is 49.8 Å². The monoisotopic (exact) mass is 336 g/mol. The Balaban J connectivity index is 1.36. The number of hydrogen-bond donors (Lipinski definition) is 2. The van der Waals surface area contributed by atoms with Crippen LogP contribution >= 0.6 is 0 Å². The first-order chi connectivity index (χ1) is 12.3. The molecule has 0 saturated heterocycles. The van der Waals surface area contributed by atoms with Gasteiger partial charge >= 0.3 is 0 Å². The molecule has 2 fully saturated rings. The average Bonchev–Trinajstić information content (AvgIpc) is 2.60. The Morgan fingerprint density at radius 2 is 1.76 bits per heavy atom. The van der Waals surface area contributed by atoms with Gasteiger partial charge in [-0.05, 0) is 69.2 Å². The summed E-state index contributed by atoms with van der Waals surface area (Å²) in [7, 11) is 0. The van der Waals surface area contributed by atoms with E-state index < -0.39 is 0 Å². The van der Waals surface area contributed by atoms with Crippen LogP contribution in [0.2, 0.25) is 0 Å². The van der Waals surface area contributed by atoms with Crippen LogP contribution in [-0.2, 0) is 0 Å². The van der Waals surface area contributed by atoms with Gasteiger partial charge in [0.2, 0.25) is 0 Å². The molecule has 0 spiro atoms. The van der Waals surface area contributed by atoms with Gasteiger partial charge in [0.15, 0.2) is 0 Å². The molecule has 4 heteroatoms. The predicted octanol–water partition coefficient (Wildman–Crippen LogP) is 4.89. The molecule has 2 aliphatic carbocycles. The van der Waals surface area contributed by atoms with Crippen molar-refractivity contribution in [1.29, 1.82) is 0 Å². The van der Waals surface area contributed by atoms with Crippen LogP contribution in [0, 0.1) is 6.92 Å². The molecule has 4 nitrogen and oxygen atoms in total. The molecule has 2 atom stereocenters. The molecular formula is C21H28N4. The van der Waals surface area contributed by atoms with Crippen molar-refractivity contribution in [1.82, 2.24) is 9.97 Å². The number of aryl methyl sites for hydroxylation is 1. The average molecular weight is 336 g/mol. The fourth-order valence-corrected chi connectivity index (χ4v) is 4.06. The predicted molar refractivity (Wildman–Crippen MR) is 103 cm³/mol. The zero-order valence-electron chi connectivity index (χ0n) is 15.0. The Labute approximate surface area is 150 Å². The summed E-state index contributed by atoms with van der Waals surface area (Å²) in [4.78, 5) is 9.22. The smallest absolute Gasteiger partial charge is 0.126 e. The molecule has 0 aliphatic heterocycles. The van der Waals surface area contributed by atoms with E-state index in [0.717, 1.165) is 17.9 Å². The number of nitrogens with one attached hydrogen (secondary N) is 2. The first kappa shape index (κ1) is 16.4. The zero-order valence-corrected chi connectivity index (χ0v) is 15.0. The van der Waals surface area contributed by atoms with Crippen LogP contribution < -0.4 is 10.6 Å².